The Hall–Kier alpha value is -2.69. The van der Waals surface area contributed by atoms with Crippen LogP contribution < -0.4 is 20.7 Å². The molecule has 0 atom stereocenters. The monoisotopic (exact) mass is 299 g/mol. The highest BCUT2D eigenvalue weighted by atomic mass is 16.5. The summed E-state index contributed by atoms with van der Waals surface area (Å²) in [5, 5.41) is 9.29. The fourth-order valence-corrected chi connectivity index (χ4v) is 2.42. The van der Waals surface area contributed by atoms with Gasteiger partial charge in [-0.05, 0) is 18.2 Å². The molecular weight excluding hydrogens is 278 g/mol. The number of rotatable bonds is 7. The van der Waals surface area contributed by atoms with Crippen molar-refractivity contribution in [3.05, 3.63) is 47.5 Å². The van der Waals surface area contributed by atoms with Crippen molar-refractivity contribution < 1.29 is 9.53 Å². The second-order valence-corrected chi connectivity index (χ2v) is 4.72. The van der Waals surface area contributed by atoms with E-state index < -0.39 is 0 Å². The molecule has 0 unspecified atom stereocenters. The number of para-hydroxylation sites is 1. The molecule has 0 saturated carbocycles. The van der Waals surface area contributed by atoms with Gasteiger partial charge in [-0.1, -0.05) is 18.2 Å². The zero-order valence-electron chi connectivity index (χ0n) is 13.1. The van der Waals surface area contributed by atoms with Crippen LogP contribution in [0.15, 0.2) is 36.4 Å². The molecule has 0 aliphatic heterocycles. The van der Waals surface area contributed by atoms with Gasteiger partial charge in [-0.25, -0.2) is 0 Å². The van der Waals surface area contributed by atoms with Gasteiger partial charge in [0.25, 0.3) is 0 Å². The van der Waals surface area contributed by atoms with Crippen LogP contribution in [-0.2, 0) is 6.61 Å². The molecule has 0 aliphatic rings. The van der Waals surface area contributed by atoms with Crippen LogP contribution in [0.2, 0.25) is 0 Å². The Bertz CT molecular complexity index is 642. The van der Waals surface area contributed by atoms with Crippen LogP contribution in [0.5, 0.6) is 5.75 Å². The van der Waals surface area contributed by atoms with Crippen molar-refractivity contribution in [1.29, 1.82) is 0 Å². The summed E-state index contributed by atoms with van der Waals surface area (Å²) in [6.07, 6.45) is 0.848. The first-order valence-electron chi connectivity index (χ1n) is 7.11. The molecule has 116 valence electrons. The van der Waals surface area contributed by atoms with E-state index in [1.54, 1.807) is 14.1 Å². The van der Waals surface area contributed by atoms with Crippen molar-refractivity contribution in [1.82, 2.24) is 0 Å². The molecule has 0 heterocycles. The van der Waals surface area contributed by atoms with Crippen molar-refractivity contribution in [3.8, 4) is 5.75 Å². The topological polar surface area (TPSA) is 62.4 Å². The van der Waals surface area contributed by atoms with Crippen LogP contribution in [0.25, 0.3) is 0 Å². The second kappa shape index (κ2) is 7.36. The van der Waals surface area contributed by atoms with E-state index in [4.69, 9.17) is 4.74 Å². The minimum Gasteiger partial charge on any atom is -0.489 e. The van der Waals surface area contributed by atoms with Crippen molar-refractivity contribution in [2.24, 2.45) is 0 Å². The number of benzene rings is 2. The van der Waals surface area contributed by atoms with Crippen LogP contribution in [-0.4, -0.2) is 27.4 Å². The first-order valence-corrected chi connectivity index (χ1v) is 7.11. The summed E-state index contributed by atoms with van der Waals surface area (Å²) in [4.78, 5) is 11.4. The third kappa shape index (κ3) is 3.14. The van der Waals surface area contributed by atoms with Crippen LogP contribution >= 0.6 is 0 Å². The SMILES string of the molecule is CNc1cc(COc2ccccc2)c(NC)c(NC)c1C=O. The molecule has 0 radical (unpaired) electrons. The van der Waals surface area contributed by atoms with E-state index >= 15 is 0 Å². The highest BCUT2D eigenvalue weighted by Gasteiger charge is 2.16. The minimum absolute atomic E-state index is 0.405. The largest absolute Gasteiger partial charge is 0.489 e. The molecule has 0 amide bonds. The number of hydrogen-bond donors (Lipinski definition) is 3. The van der Waals surface area contributed by atoms with Gasteiger partial charge in [-0.15, -0.1) is 0 Å². The Balaban J connectivity index is 2.39. The number of aldehydes is 1. The average molecular weight is 299 g/mol. The van der Waals surface area contributed by atoms with E-state index in [1.165, 1.54) is 0 Å². The predicted molar refractivity (Wildman–Crippen MR) is 91.2 cm³/mol. The second-order valence-electron chi connectivity index (χ2n) is 4.72. The van der Waals surface area contributed by atoms with Gasteiger partial charge in [0.15, 0.2) is 6.29 Å². The number of hydrogen-bond acceptors (Lipinski definition) is 5. The quantitative estimate of drug-likeness (QED) is 0.685. The third-order valence-electron chi connectivity index (χ3n) is 3.47. The molecule has 0 aromatic heterocycles. The Kier molecular flexibility index (Phi) is 5.25. The van der Waals surface area contributed by atoms with Gasteiger partial charge in [0.2, 0.25) is 0 Å². The normalized spacial score (nSPS) is 9.95. The van der Waals surface area contributed by atoms with Crippen LogP contribution in [0.4, 0.5) is 17.1 Å². The molecule has 2 aromatic rings. The number of nitrogens with one attached hydrogen (secondary N) is 3. The highest BCUT2D eigenvalue weighted by molar-refractivity contribution is 5.98. The molecule has 0 fully saturated rings. The summed E-state index contributed by atoms with van der Waals surface area (Å²) in [7, 11) is 5.42. The smallest absolute Gasteiger partial charge is 0.154 e. The summed E-state index contributed by atoms with van der Waals surface area (Å²) in [5.41, 5.74) is 3.95. The number of anilines is 3. The predicted octanol–water partition coefficient (Wildman–Crippen LogP) is 3.20. The molecule has 3 N–H and O–H groups in total. The summed E-state index contributed by atoms with van der Waals surface area (Å²) >= 11 is 0. The Morgan fingerprint density at radius 3 is 2.23 bits per heavy atom. The van der Waals surface area contributed by atoms with E-state index in [0.717, 1.165) is 34.7 Å². The van der Waals surface area contributed by atoms with Crippen LogP contribution in [0.3, 0.4) is 0 Å². The molecule has 5 heteroatoms. The molecule has 0 bridgehead atoms. The number of carbonyl (C=O) groups is 1. The van der Waals surface area contributed by atoms with Gasteiger partial charge in [-0.3, -0.25) is 4.79 Å². The fourth-order valence-electron chi connectivity index (χ4n) is 2.42. The van der Waals surface area contributed by atoms with Gasteiger partial charge in [-0.2, -0.15) is 0 Å². The maximum absolute atomic E-state index is 11.4. The summed E-state index contributed by atoms with van der Waals surface area (Å²) < 4.78 is 5.82. The molecule has 22 heavy (non-hydrogen) atoms. The van der Waals surface area contributed by atoms with E-state index in [0.29, 0.717) is 12.2 Å². The zero-order chi connectivity index (χ0) is 15.9. The Morgan fingerprint density at radius 2 is 1.68 bits per heavy atom. The highest BCUT2D eigenvalue weighted by Crippen LogP contribution is 2.35. The third-order valence-corrected chi connectivity index (χ3v) is 3.47. The fraction of sp³-hybridized carbons (Fsp3) is 0.235. The van der Waals surface area contributed by atoms with Gasteiger partial charge in [0, 0.05) is 32.4 Å². The van der Waals surface area contributed by atoms with E-state index in [-0.39, 0.29) is 0 Å². The lowest BCUT2D eigenvalue weighted by Gasteiger charge is -2.19. The van der Waals surface area contributed by atoms with Crippen LogP contribution in [0.1, 0.15) is 15.9 Å². The molecule has 2 rings (SSSR count). The standard InChI is InChI=1S/C17H21N3O2/c1-18-15-9-12(11-22-13-7-5-4-6-8-13)16(19-2)17(20-3)14(15)10-21/h4-10,18-20H,11H2,1-3H3. The van der Waals surface area contributed by atoms with Gasteiger partial charge < -0.3 is 20.7 Å². The lowest BCUT2D eigenvalue weighted by Crippen LogP contribution is -2.09. The Morgan fingerprint density at radius 1 is 1.00 bits per heavy atom. The molecular formula is C17H21N3O2. The maximum Gasteiger partial charge on any atom is 0.154 e. The molecule has 5 nitrogen and oxygen atoms in total. The average Bonchev–Trinajstić information content (AvgIpc) is 2.58. The zero-order valence-corrected chi connectivity index (χ0v) is 13.1. The summed E-state index contributed by atoms with van der Waals surface area (Å²) in [5.74, 6) is 0.807. The molecule has 2 aromatic carbocycles. The molecule has 0 saturated heterocycles. The Labute approximate surface area is 130 Å². The van der Waals surface area contributed by atoms with E-state index in [9.17, 15) is 4.79 Å². The number of ether oxygens (including phenoxy) is 1. The lowest BCUT2D eigenvalue weighted by molar-refractivity contribution is 0.112. The van der Waals surface area contributed by atoms with Crippen molar-refractivity contribution >= 4 is 23.3 Å². The number of carbonyl (C=O) groups excluding carboxylic acids is 1. The first-order chi connectivity index (χ1) is 10.7. The molecule has 0 spiro atoms. The molecule has 0 aliphatic carbocycles. The van der Waals surface area contributed by atoms with Crippen molar-refractivity contribution in [2.45, 2.75) is 6.61 Å². The van der Waals surface area contributed by atoms with E-state index in [2.05, 4.69) is 16.0 Å². The van der Waals surface area contributed by atoms with Gasteiger partial charge >= 0.3 is 0 Å². The summed E-state index contributed by atoms with van der Waals surface area (Å²) in [6, 6.07) is 11.6. The first kappa shape index (κ1) is 15.7. The minimum atomic E-state index is 0.405. The van der Waals surface area contributed by atoms with Gasteiger partial charge in [0.1, 0.15) is 12.4 Å². The maximum atomic E-state index is 11.4. The lowest BCUT2D eigenvalue weighted by atomic mass is 10.0. The van der Waals surface area contributed by atoms with Crippen molar-refractivity contribution in [3.63, 3.8) is 0 Å². The van der Waals surface area contributed by atoms with Crippen LogP contribution in [0, 0.1) is 0 Å². The van der Waals surface area contributed by atoms with E-state index in [1.807, 2.05) is 43.4 Å². The van der Waals surface area contributed by atoms with Crippen molar-refractivity contribution in [2.75, 3.05) is 37.1 Å². The van der Waals surface area contributed by atoms with Gasteiger partial charge in [0.05, 0.1) is 16.9 Å². The summed E-state index contributed by atoms with van der Waals surface area (Å²) in [6.45, 7) is 0.405.